The van der Waals surface area contributed by atoms with Gasteiger partial charge in [-0.15, -0.1) is 0 Å². The lowest BCUT2D eigenvalue weighted by Crippen LogP contribution is -2.23. The van der Waals surface area contributed by atoms with Gasteiger partial charge in [0.2, 0.25) is 5.75 Å². The number of hydrogen-bond donors (Lipinski definition) is 1. The highest BCUT2D eigenvalue weighted by molar-refractivity contribution is 7.11. The summed E-state index contributed by atoms with van der Waals surface area (Å²) in [6.07, 6.45) is 1.69. The van der Waals surface area contributed by atoms with Crippen LogP contribution in [0.15, 0.2) is 48.0 Å². The molecule has 0 fully saturated rings. The minimum atomic E-state index is -0.277. The average Bonchev–Trinajstić information content (AvgIpc) is 3.24. The first kappa shape index (κ1) is 19.5. The molecule has 2 aromatic carbocycles. The molecule has 0 radical (unpaired) electrons. The summed E-state index contributed by atoms with van der Waals surface area (Å²) in [5.41, 5.74) is 1.29. The van der Waals surface area contributed by atoms with Gasteiger partial charge in [0.15, 0.2) is 11.5 Å². The predicted octanol–water partition coefficient (Wildman–Crippen LogP) is 3.89. The van der Waals surface area contributed by atoms with E-state index in [-0.39, 0.29) is 5.91 Å². The molecule has 1 aromatic heterocycles. The standard InChI is InChI=1S/C20H20N2O5S/c1-24-16-9-8-15(17(25-2)18(16)26-3)19(23)22-12-13-4-6-14(7-5-13)27-20-21-10-11-28-20/h4-11H,12H2,1-3H3,(H,22,23). The second-order valence-electron chi connectivity index (χ2n) is 5.61. The lowest BCUT2D eigenvalue weighted by Gasteiger charge is -2.15. The summed E-state index contributed by atoms with van der Waals surface area (Å²) in [7, 11) is 4.51. The van der Waals surface area contributed by atoms with E-state index in [1.165, 1.54) is 32.7 Å². The van der Waals surface area contributed by atoms with Gasteiger partial charge in [-0.1, -0.05) is 23.5 Å². The smallest absolute Gasteiger partial charge is 0.278 e. The van der Waals surface area contributed by atoms with Crippen molar-refractivity contribution in [3.63, 3.8) is 0 Å². The molecule has 8 heteroatoms. The molecule has 0 spiro atoms. The number of aromatic nitrogens is 1. The fourth-order valence-electron chi connectivity index (χ4n) is 2.59. The summed E-state index contributed by atoms with van der Waals surface area (Å²) in [6.45, 7) is 0.355. The number of nitrogens with one attached hydrogen (secondary N) is 1. The normalized spacial score (nSPS) is 10.2. The van der Waals surface area contributed by atoms with Gasteiger partial charge in [0, 0.05) is 18.1 Å². The summed E-state index contributed by atoms with van der Waals surface area (Å²) < 4.78 is 21.5. The van der Waals surface area contributed by atoms with Crippen molar-refractivity contribution in [2.45, 2.75) is 6.54 Å². The largest absolute Gasteiger partial charge is 0.493 e. The van der Waals surface area contributed by atoms with Gasteiger partial charge < -0.3 is 24.3 Å². The number of thiazole rings is 1. The number of amides is 1. The number of rotatable bonds is 8. The van der Waals surface area contributed by atoms with Crippen molar-refractivity contribution < 1.29 is 23.7 Å². The summed E-state index contributed by atoms with van der Waals surface area (Å²) in [4.78, 5) is 16.7. The average molecular weight is 400 g/mol. The van der Waals surface area contributed by atoms with Crippen LogP contribution >= 0.6 is 11.3 Å². The summed E-state index contributed by atoms with van der Waals surface area (Å²) in [6, 6.07) is 10.7. The van der Waals surface area contributed by atoms with Crippen LogP contribution in [0.1, 0.15) is 15.9 Å². The maximum absolute atomic E-state index is 12.6. The highest BCUT2D eigenvalue weighted by Gasteiger charge is 2.20. The molecule has 1 heterocycles. The van der Waals surface area contributed by atoms with Crippen molar-refractivity contribution in [3.8, 4) is 28.2 Å². The fraction of sp³-hybridized carbons (Fsp3) is 0.200. The Morgan fingerprint density at radius 2 is 1.75 bits per heavy atom. The first-order valence-corrected chi connectivity index (χ1v) is 9.27. The van der Waals surface area contributed by atoms with Crippen LogP contribution in [-0.2, 0) is 6.54 Å². The molecule has 0 unspecified atom stereocenters. The molecule has 3 rings (SSSR count). The number of benzene rings is 2. The van der Waals surface area contributed by atoms with E-state index >= 15 is 0 Å². The molecule has 1 N–H and O–H groups in total. The Bertz CT molecular complexity index is 927. The Hall–Kier alpha value is -3.26. The van der Waals surface area contributed by atoms with Crippen LogP contribution in [-0.4, -0.2) is 32.2 Å². The quantitative estimate of drug-likeness (QED) is 0.618. The Morgan fingerprint density at radius 3 is 2.36 bits per heavy atom. The highest BCUT2D eigenvalue weighted by Crippen LogP contribution is 2.39. The van der Waals surface area contributed by atoms with Gasteiger partial charge in [-0.2, -0.15) is 0 Å². The van der Waals surface area contributed by atoms with Crippen molar-refractivity contribution >= 4 is 17.2 Å². The van der Waals surface area contributed by atoms with Gasteiger partial charge >= 0.3 is 0 Å². The second kappa shape index (κ2) is 9.09. The minimum absolute atomic E-state index is 0.277. The van der Waals surface area contributed by atoms with Crippen molar-refractivity contribution in [3.05, 3.63) is 59.1 Å². The van der Waals surface area contributed by atoms with Crippen molar-refractivity contribution in [1.82, 2.24) is 10.3 Å². The Kier molecular flexibility index (Phi) is 6.33. The maximum Gasteiger partial charge on any atom is 0.278 e. The number of carbonyl (C=O) groups excluding carboxylic acids is 1. The van der Waals surface area contributed by atoms with Crippen LogP contribution in [0.3, 0.4) is 0 Å². The van der Waals surface area contributed by atoms with Gasteiger partial charge in [-0.05, 0) is 29.8 Å². The molecule has 1 amide bonds. The van der Waals surface area contributed by atoms with Crippen molar-refractivity contribution in [1.29, 1.82) is 0 Å². The van der Waals surface area contributed by atoms with E-state index in [0.717, 1.165) is 5.56 Å². The van der Waals surface area contributed by atoms with Crippen LogP contribution < -0.4 is 24.3 Å². The summed E-state index contributed by atoms with van der Waals surface area (Å²) in [5, 5.41) is 5.31. The van der Waals surface area contributed by atoms with E-state index in [9.17, 15) is 4.79 Å². The molecule has 28 heavy (non-hydrogen) atoms. The van der Waals surface area contributed by atoms with Crippen molar-refractivity contribution in [2.75, 3.05) is 21.3 Å². The molecule has 0 aliphatic heterocycles. The van der Waals surface area contributed by atoms with Crippen LogP contribution in [0.2, 0.25) is 0 Å². The van der Waals surface area contributed by atoms with E-state index in [4.69, 9.17) is 18.9 Å². The molecule has 0 aliphatic carbocycles. The third kappa shape index (κ3) is 4.34. The molecule has 0 atom stereocenters. The molecule has 3 aromatic rings. The molecular weight excluding hydrogens is 380 g/mol. The van der Waals surface area contributed by atoms with Crippen LogP contribution in [0.5, 0.6) is 28.2 Å². The van der Waals surface area contributed by atoms with Crippen LogP contribution in [0.25, 0.3) is 0 Å². The molecule has 0 bridgehead atoms. The van der Waals surface area contributed by atoms with E-state index < -0.39 is 0 Å². The lowest BCUT2D eigenvalue weighted by molar-refractivity contribution is 0.0947. The predicted molar refractivity (Wildman–Crippen MR) is 106 cm³/mol. The Morgan fingerprint density at radius 1 is 1.00 bits per heavy atom. The first-order valence-electron chi connectivity index (χ1n) is 8.39. The number of methoxy groups -OCH3 is 3. The zero-order valence-corrected chi connectivity index (χ0v) is 16.5. The van der Waals surface area contributed by atoms with E-state index in [1.807, 2.05) is 29.6 Å². The monoisotopic (exact) mass is 400 g/mol. The third-order valence-electron chi connectivity index (χ3n) is 3.94. The van der Waals surface area contributed by atoms with Gasteiger partial charge in [0.05, 0.1) is 26.9 Å². The fourth-order valence-corrected chi connectivity index (χ4v) is 3.10. The molecular formula is C20H20N2O5S. The minimum Gasteiger partial charge on any atom is -0.493 e. The molecule has 146 valence electrons. The molecule has 0 saturated heterocycles. The summed E-state index contributed by atoms with van der Waals surface area (Å²) in [5.74, 6) is 1.60. The van der Waals surface area contributed by atoms with Crippen LogP contribution in [0.4, 0.5) is 0 Å². The van der Waals surface area contributed by atoms with E-state index in [1.54, 1.807) is 18.3 Å². The lowest BCUT2D eigenvalue weighted by atomic mass is 10.1. The van der Waals surface area contributed by atoms with Crippen molar-refractivity contribution in [2.24, 2.45) is 0 Å². The number of nitrogens with zero attached hydrogens (tertiary/aromatic N) is 1. The molecule has 0 aliphatic rings. The third-order valence-corrected chi connectivity index (χ3v) is 4.59. The van der Waals surface area contributed by atoms with Gasteiger partial charge in [-0.25, -0.2) is 4.98 Å². The van der Waals surface area contributed by atoms with Gasteiger partial charge in [0.1, 0.15) is 5.75 Å². The Balaban J connectivity index is 1.67. The molecule has 7 nitrogen and oxygen atoms in total. The second-order valence-corrected chi connectivity index (χ2v) is 6.47. The number of hydrogen-bond acceptors (Lipinski definition) is 7. The zero-order chi connectivity index (χ0) is 19.9. The zero-order valence-electron chi connectivity index (χ0n) is 15.7. The number of carbonyl (C=O) groups is 1. The Labute approximate surface area is 166 Å². The van der Waals surface area contributed by atoms with Gasteiger partial charge in [0.25, 0.3) is 11.1 Å². The first-order chi connectivity index (χ1) is 13.7. The van der Waals surface area contributed by atoms with E-state index in [2.05, 4.69) is 10.3 Å². The number of ether oxygens (including phenoxy) is 4. The van der Waals surface area contributed by atoms with Crippen LogP contribution in [0, 0.1) is 0 Å². The topological polar surface area (TPSA) is 78.9 Å². The maximum atomic E-state index is 12.6. The van der Waals surface area contributed by atoms with E-state index in [0.29, 0.717) is 40.3 Å². The van der Waals surface area contributed by atoms with Gasteiger partial charge in [-0.3, -0.25) is 4.79 Å². The molecule has 0 saturated carbocycles. The summed E-state index contributed by atoms with van der Waals surface area (Å²) >= 11 is 1.42. The highest BCUT2D eigenvalue weighted by atomic mass is 32.1. The SMILES string of the molecule is COc1ccc(C(=O)NCc2ccc(Oc3nccs3)cc2)c(OC)c1OC.